The normalized spacial score (nSPS) is 18.1. The van der Waals surface area contributed by atoms with Crippen molar-refractivity contribution >= 4 is 5.91 Å². The van der Waals surface area contributed by atoms with E-state index in [0.717, 1.165) is 30.5 Å². The van der Waals surface area contributed by atoms with E-state index in [0.29, 0.717) is 5.69 Å². The predicted molar refractivity (Wildman–Crippen MR) is 69.7 cm³/mol. The third-order valence-corrected chi connectivity index (χ3v) is 3.62. The molecule has 1 aliphatic carbocycles. The van der Waals surface area contributed by atoms with Gasteiger partial charge in [-0.3, -0.25) is 14.6 Å². The Kier molecular flexibility index (Phi) is 2.85. The molecule has 1 unspecified atom stereocenters. The molecule has 0 bridgehead atoms. The molecule has 1 aliphatic rings. The number of aryl methyl sites for hydroxylation is 2. The average molecular weight is 259 g/mol. The Labute approximate surface area is 111 Å². The van der Waals surface area contributed by atoms with Crippen molar-refractivity contribution in [2.24, 2.45) is 7.05 Å². The minimum Gasteiger partial charge on any atom is -0.344 e. The van der Waals surface area contributed by atoms with E-state index < -0.39 is 0 Å². The molecule has 1 atom stereocenters. The highest BCUT2D eigenvalue weighted by Gasteiger charge is 2.25. The second kappa shape index (κ2) is 4.53. The number of hydrogen-bond donors (Lipinski definition) is 2. The summed E-state index contributed by atoms with van der Waals surface area (Å²) in [4.78, 5) is 12.1. The number of nitrogens with zero attached hydrogens (tertiary/aromatic N) is 3. The van der Waals surface area contributed by atoms with Crippen molar-refractivity contribution in [2.75, 3.05) is 0 Å². The molecule has 0 fully saturated rings. The van der Waals surface area contributed by atoms with Crippen LogP contribution in [0.4, 0.5) is 0 Å². The van der Waals surface area contributed by atoms with Gasteiger partial charge in [0.2, 0.25) is 0 Å². The summed E-state index contributed by atoms with van der Waals surface area (Å²) < 4.78 is 1.90. The molecule has 2 heterocycles. The molecule has 3 rings (SSSR count). The smallest absolute Gasteiger partial charge is 0.272 e. The van der Waals surface area contributed by atoms with Crippen LogP contribution in [0.15, 0.2) is 12.3 Å². The summed E-state index contributed by atoms with van der Waals surface area (Å²) in [5.74, 6) is -0.133. The summed E-state index contributed by atoms with van der Waals surface area (Å²) in [6, 6.07) is 1.80. The third kappa shape index (κ3) is 2.14. The maximum absolute atomic E-state index is 12.1. The fourth-order valence-electron chi connectivity index (χ4n) is 2.62. The van der Waals surface area contributed by atoms with Gasteiger partial charge >= 0.3 is 0 Å². The molecule has 19 heavy (non-hydrogen) atoms. The fraction of sp³-hybridized carbons (Fsp3) is 0.462. The molecule has 0 radical (unpaired) electrons. The van der Waals surface area contributed by atoms with Gasteiger partial charge in [0.25, 0.3) is 5.91 Å². The fourth-order valence-corrected chi connectivity index (χ4v) is 2.62. The summed E-state index contributed by atoms with van der Waals surface area (Å²) in [5, 5.41) is 14.1. The summed E-state index contributed by atoms with van der Waals surface area (Å²) in [5.41, 5.74) is 3.67. The Hall–Kier alpha value is -2.11. The van der Waals surface area contributed by atoms with Crippen LogP contribution in [0.5, 0.6) is 0 Å². The van der Waals surface area contributed by atoms with Crippen molar-refractivity contribution in [1.29, 1.82) is 0 Å². The van der Waals surface area contributed by atoms with Crippen molar-refractivity contribution in [2.45, 2.75) is 32.2 Å². The molecule has 0 aliphatic heterocycles. The van der Waals surface area contributed by atoms with E-state index in [1.807, 2.05) is 24.9 Å². The maximum Gasteiger partial charge on any atom is 0.272 e. The zero-order valence-corrected chi connectivity index (χ0v) is 11.1. The summed E-state index contributed by atoms with van der Waals surface area (Å²) in [7, 11) is 1.94. The van der Waals surface area contributed by atoms with Gasteiger partial charge in [0.1, 0.15) is 5.69 Å². The number of hydrogen-bond acceptors (Lipinski definition) is 3. The standard InChI is InChI=1S/C13H17N5O/c1-8-6-11(17-16-8)13(19)15-10-4-3-5-12-9(10)7-14-18(12)2/h6-7,10H,3-5H2,1-2H3,(H,15,19)(H,16,17). The van der Waals surface area contributed by atoms with Gasteiger partial charge in [-0.05, 0) is 32.3 Å². The molecule has 0 saturated heterocycles. The highest BCUT2D eigenvalue weighted by molar-refractivity contribution is 5.92. The van der Waals surface area contributed by atoms with E-state index in [1.165, 1.54) is 5.69 Å². The highest BCUT2D eigenvalue weighted by atomic mass is 16.2. The second-order valence-corrected chi connectivity index (χ2v) is 5.02. The number of aromatic amines is 1. The number of fused-ring (bicyclic) bond motifs is 1. The quantitative estimate of drug-likeness (QED) is 0.852. The number of rotatable bonds is 2. The van der Waals surface area contributed by atoms with Crippen LogP contribution in [0, 0.1) is 6.92 Å². The second-order valence-electron chi connectivity index (χ2n) is 5.02. The number of amides is 1. The molecule has 6 nitrogen and oxygen atoms in total. The molecule has 0 aromatic carbocycles. The lowest BCUT2D eigenvalue weighted by Crippen LogP contribution is -2.31. The number of carbonyl (C=O) groups is 1. The number of nitrogens with one attached hydrogen (secondary N) is 2. The number of H-pyrrole nitrogens is 1. The minimum atomic E-state index is -0.133. The van der Waals surface area contributed by atoms with Crippen LogP contribution < -0.4 is 5.32 Å². The summed E-state index contributed by atoms with van der Waals surface area (Å²) in [6.07, 6.45) is 4.90. The van der Waals surface area contributed by atoms with E-state index in [2.05, 4.69) is 20.6 Å². The van der Waals surface area contributed by atoms with Crippen molar-refractivity contribution in [3.8, 4) is 0 Å². The first kappa shape index (κ1) is 12.0. The van der Waals surface area contributed by atoms with E-state index in [9.17, 15) is 4.79 Å². The Morgan fingerprint density at radius 2 is 2.42 bits per heavy atom. The van der Waals surface area contributed by atoms with Gasteiger partial charge in [-0.2, -0.15) is 10.2 Å². The van der Waals surface area contributed by atoms with E-state index in [4.69, 9.17) is 0 Å². The molecule has 2 aromatic rings. The maximum atomic E-state index is 12.1. The zero-order valence-electron chi connectivity index (χ0n) is 11.1. The zero-order chi connectivity index (χ0) is 13.4. The van der Waals surface area contributed by atoms with Gasteiger partial charge in [0.05, 0.1) is 12.2 Å². The lowest BCUT2D eigenvalue weighted by Gasteiger charge is -2.23. The molecular formula is C13H17N5O. The summed E-state index contributed by atoms with van der Waals surface area (Å²) in [6.45, 7) is 1.88. The number of aromatic nitrogens is 4. The molecule has 1 amide bonds. The molecule has 0 spiro atoms. The Balaban J connectivity index is 1.79. The Bertz CT molecular complexity index is 612. The third-order valence-electron chi connectivity index (χ3n) is 3.62. The SMILES string of the molecule is Cc1cc(C(=O)NC2CCCc3c2cnn3C)n[nH]1. The van der Waals surface area contributed by atoms with Gasteiger partial charge in [0.15, 0.2) is 0 Å². The Morgan fingerprint density at radius 1 is 1.58 bits per heavy atom. The molecule has 2 N–H and O–H groups in total. The molecular weight excluding hydrogens is 242 g/mol. The summed E-state index contributed by atoms with van der Waals surface area (Å²) >= 11 is 0. The van der Waals surface area contributed by atoms with Crippen LogP contribution in [0.3, 0.4) is 0 Å². The van der Waals surface area contributed by atoms with Gasteiger partial charge in [0, 0.05) is 24.0 Å². The van der Waals surface area contributed by atoms with Crippen molar-refractivity contribution in [1.82, 2.24) is 25.3 Å². The largest absolute Gasteiger partial charge is 0.344 e. The van der Waals surface area contributed by atoms with Crippen molar-refractivity contribution in [3.05, 3.63) is 34.9 Å². The lowest BCUT2D eigenvalue weighted by molar-refractivity contribution is 0.0927. The predicted octanol–water partition coefficient (Wildman–Crippen LogP) is 1.26. The van der Waals surface area contributed by atoms with E-state index in [-0.39, 0.29) is 11.9 Å². The Morgan fingerprint density at radius 3 is 3.16 bits per heavy atom. The molecule has 100 valence electrons. The van der Waals surface area contributed by atoms with Crippen LogP contribution in [-0.2, 0) is 13.5 Å². The van der Waals surface area contributed by atoms with Crippen LogP contribution in [0.25, 0.3) is 0 Å². The van der Waals surface area contributed by atoms with Gasteiger partial charge in [-0.15, -0.1) is 0 Å². The first-order valence-electron chi connectivity index (χ1n) is 6.49. The molecule has 0 saturated carbocycles. The molecule has 6 heteroatoms. The topological polar surface area (TPSA) is 75.6 Å². The van der Waals surface area contributed by atoms with Gasteiger partial charge in [-0.25, -0.2) is 0 Å². The van der Waals surface area contributed by atoms with Crippen LogP contribution in [0.2, 0.25) is 0 Å². The first-order chi connectivity index (χ1) is 9.15. The van der Waals surface area contributed by atoms with Crippen LogP contribution >= 0.6 is 0 Å². The van der Waals surface area contributed by atoms with Crippen molar-refractivity contribution < 1.29 is 4.79 Å². The lowest BCUT2D eigenvalue weighted by atomic mass is 9.93. The van der Waals surface area contributed by atoms with E-state index >= 15 is 0 Å². The highest BCUT2D eigenvalue weighted by Crippen LogP contribution is 2.29. The van der Waals surface area contributed by atoms with Crippen LogP contribution in [-0.4, -0.2) is 25.9 Å². The minimum absolute atomic E-state index is 0.0435. The van der Waals surface area contributed by atoms with Crippen LogP contribution in [0.1, 0.15) is 46.3 Å². The monoisotopic (exact) mass is 259 g/mol. The molecule has 2 aromatic heterocycles. The first-order valence-corrected chi connectivity index (χ1v) is 6.49. The number of carbonyl (C=O) groups excluding carboxylic acids is 1. The van der Waals surface area contributed by atoms with E-state index in [1.54, 1.807) is 6.07 Å². The van der Waals surface area contributed by atoms with Gasteiger partial charge in [-0.1, -0.05) is 0 Å². The van der Waals surface area contributed by atoms with Gasteiger partial charge < -0.3 is 5.32 Å². The average Bonchev–Trinajstić information content (AvgIpc) is 2.98. The van der Waals surface area contributed by atoms with Crippen molar-refractivity contribution in [3.63, 3.8) is 0 Å².